The fourth-order valence-electron chi connectivity index (χ4n) is 2.55. The van der Waals surface area contributed by atoms with Crippen LogP contribution in [0.3, 0.4) is 0 Å². The Morgan fingerprint density at radius 2 is 1.88 bits per heavy atom. The summed E-state index contributed by atoms with van der Waals surface area (Å²) in [7, 11) is 0. The molecular formula is C14H14ClNS. The van der Waals surface area contributed by atoms with Gasteiger partial charge in [-0.1, -0.05) is 35.9 Å². The van der Waals surface area contributed by atoms with E-state index in [-0.39, 0.29) is 5.54 Å². The topological polar surface area (TPSA) is 26.0 Å². The Morgan fingerprint density at radius 1 is 1.12 bits per heavy atom. The van der Waals surface area contributed by atoms with Gasteiger partial charge in [-0.25, -0.2) is 0 Å². The van der Waals surface area contributed by atoms with Gasteiger partial charge in [-0.05, 0) is 42.5 Å². The lowest BCUT2D eigenvalue weighted by Gasteiger charge is -2.34. The van der Waals surface area contributed by atoms with Crippen molar-refractivity contribution in [3.05, 3.63) is 56.7 Å². The Labute approximate surface area is 110 Å². The van der Waals surface area contributed by atoms with E-state index in [1.807, 2.05) is 6.07 Å². The summed E-state index contributed by atoms with van der Waals surface area (Å²) in [6, 6.07) is 12.6. The average molecular weight is 264 g/mol. The quantitative estimate of drug-likeness (QED) is 0.833. The fourth-order valence-corrected chi connectivity index (χ4v) is 3.72. The molecule has 2 N–H and O–H groups in total. The summed E-state index contributed by atoms with van der Waals surface area (Å²) in [4.78, 5) is 1.21. The molecule has 17 heavy (non-hydrogen) atoms. The highest BCUT2D eigenvalue weighted by atomic mass is 35.5. The lowest BCUT2D eigenvalue weighted by atomic mass is 9.78. The summed E-state index contributed by atoms with van der Waals surface area (Å²) in [5.74, 6) is 0. The molecule has 3 rings (SSSR count). The normalized spacial score (nSPS) is 23.4. The van der Waals surface area contributed by atoms with Crippen LogP contribution in [0.2, 0.25) is 4.34 Å². The van der Waals surface area contributed by atoms with Crippen molar-refractivity contribution in [1.82, 2.24) is 0 Å². The van der Waals surface area contributed by atoms with Crippen molar-refractivity contribution in [2.24, 2.45) is 5.73 Å². The van der Waals surface area contributed by atoms with Crippen LogP contribution in [0.25, 0.3) is 0 Å². The van der Waals surface area contributed by atoms with Crippen LogP contribution in [-0.2, 0) is 18.4 Å². The molecular weight excluding hydrogens is 250 g/mol. The molecule has 1 heterocycles. The van der Waals surface area contributed by atoms with E-state index in [2.05, 4.69) is 30.3 Å². The van der Waals surface area contributed by atoms with Gasteiger partial charge >= 0.3 is 0 Å². The molecule has 1 atom stereocenters. The number of hydrogen-bond donors (Lipinski definition) is 1. The smallest absolute Gasteiger partial charge is 0.0931 e. The number of benzene rings is 1. The molecule has 0 aliphatic heterocycles. The highest BCUT2D eigenvalue weighted by molar-refractivity contribution is 7.16. The van der Waals surface area contributed by atoms with Crippen molar-refractivity contribution in [3.63, 3.8) is 0 Å². The van der Waals surface area contributed by atoms with E-state index in [1.165, 1.54) is 16.0 Å². The molecule has 1 aromatic carbocycles. The van der Waals surface area contributed by atoms with E-state index >= 15 is 0 Å². The minimum atomic E-state index is -0.230. The first kappa shape index (κ1) is 11.3. The van der Waals surface area contributed by atoms with E-state index in [0.29, 0.717) is 0 Å². The third-order valence-corrected chi connectivity index (χ3v) is 4.98. The van der Waals surface area contributed by atoms with E-state index < -0.39 is 0 Å². The molecule has 0 radical (unpaired) electrons. The number of fused-ring (bicyclic) bond motifs is 1. The Bertz CT molecular complexity index is 549. The van der Waals surface area contributed by atoms with Gasteiger partial charge in [-0.3, -0.25) is 0 Å². The van der Waals surface area contributed by atoms with Crippen molar-refractivity contribution in [2.45, 2.75) is 24.8 Å². The van der Waals surface area contributed by atoms with Crippen LogP contribution in [0, 0.1) is 0 Å². The molecule has 0 bridgehead atoms. The first-order chi connectivity index (χ1) is 8.17. The molecule has 0 spiro atoms. The van der Waals surface area contributed by atoms with Gasteiger partial charge in [0, 0.05) is 4.88 Å². The van der Waals surface area contributed by atoms with Gasteiger partial charge < -0.3 is 5.73 Å². The number of rotatable bonds is 1. The van der Waals surface area contributed by atoms with Crippen molar-refractivity contribution in [2.75, 3.05) is 0 Å². The second-order valence-electron chi connectivity index (χ2n) is 4.71. The van der Waals surface area contributed by atoms with Gasteiger partial charge in [0.15, 0.2) is 0 Å². The maximum atomic E-state index is 6.56. The molecule has 88 valence electrons. The van der Waals surface area contributed by atoms with Crippen molar-refractivity contribution in [1.29, 1.82) is 0 Å². The summed E-state index contributed by atoms with van der Waals surface area (Å²) >= 11 is 7.61. The number of aryl methyl sites for hydroxylation is 1. The van der Waals surface area contributed by atoms with Gasteiger partial charge in [-0.15, -0.1) is 11.3 Å². The maximum Gasteiger partial charge on any atom is 0.0931 e. The van der Waals surface area contributed by atoms with Crippen LogP contribution in [0.5, 0.6) is 0 Å². The number of thiophene rings is 1. The van der Waals surface area contributed by atoms with Crippen molar-refractivity contribution in [3.8, 4) is 0 Å². The summed E-state index contributed by atoms with van der Waals surface area (Å²) in [5, 5.41) is 0. The largest absolute Gasteiger partial charge is 0.320 e. The summed E-state index contributed by atoms with van der Waals surface area (Å²) < 4.78 is 0.823. The van der Waals surface area contributed by atoms with E-state index in [1.54, 1.807) is 11.3 Å². The van der Waals surface area contributed by atoms with Gasteiger partial charge in [0.25, 0.3) is 0 Å². The number of nitrogens with two attached hydrogens (primary N) is 1. The second kappa shape index (κ2) is 4.13. The van der Waals surface area contributed by atoms with Crippen LogP contribution >= 0.6 is 22.9 Å². The average Bonchev–Trinajstić information content (AvgIpc) is 2.76. The summed E-state index contributed by atoms with van der Waals surface area (Å²) in [6.07, 6.45) is 2.98. The summed E-state index contributed by atoms with van der Waals surface area (Å²) in [5.41, 5.74) is 9.15. The predicted octanol–water partition coefficient (Wildman–Crippen LogP) is 3.74. The Kier molecular flexibility index (Phi) is 2.74. The van der Waals surface area contributed by atoms with Gasteiger partial charge in [-0.2, -0.15) is 0 Å². The number of hydrogen-bond acceptors (Lipinski definition) is 2. The lowest BCUT2D eigenvalue weighted by Crippen LogP contribution is -2.41. The van der Waals surface area contributed by atoms with Crippen molar-refractivity contribution >= 4 is 22.9 Å². The molecule has 2 aromatic rings. The van der Waals surface area contributed by atoms with Gasteiger partial charge in [0.1, 0.15) is 0 Å². The van der Waals surface area contributed by atoms with E-state index in [4.69, 9.17) is 17.3 Å². The molecule has 1 nitrogen and oxygen atoms in total. The Morgan fingerprint density at radius 3 is 2.59 bits per heavy atom. The van der Waals surface area contributed by atoms with Crippen molar-refractivity contribution < 1.29 is 0 Å². The molecule has 1 aliphatic rings. The van der Waals surface area contributed by atoms with Crippen LogP contribution in [-0.4, -0.2) is 0 Å². The highest BCUT2D eigenvalue weighted by Crippen LogP contribution is 2.38. The fraction of sp³-hybridized carbons (Fsp3) is 0.286. The minimum Gasteiger partial charge on any atom is -0.320 e. The Hall–Kier alpha value is -0.830. The SMILES string of the molecule is NC1(c2ccc(Cl)s2)CCc2ccccc2C1. The molecule has 1 unspecified atom stereocenters. The van der Waals surface area contributed by atoms with Crippen LogP contribution in [0.1, 0.15) is 22.4 Å². The maximum absolute atomic E-state index is 6.56. The summed E-state index contributed by atoms with van der Waals surface area (Å²) in [6.45, 7) is 0. The van der Waals surface area contributed by atoms with Gasteiger partial charge in [0.2, 0.25) is 0 Å². The van der Waals surface area contributed by atoms with Crippen LogP contribution in [0.4, 0.5) is 0 Å². The molecule has 0 fully saturated rings. The van der Waals surface area contributed by atoms with E-state index in [0.717, 1.165) is 23.6 Å². The highest BCUT2D eigenvalue weighted by Gasteiger charge is 2.33. The zero-order chi connectivity index (χ0) is 11.9. The third-order valence-electron chi connectivity index (χ3n) is 3.53. The lowest BCUT2D eigenvalue weighted by molar-refractivity contribution is 0.393. The van der Waals surface area contributed by atoms with Crippen LogP contribution in [0.15, 0.2) is 36.4 Å². The third kappa shape index (κ3) is 2.01. The molecule has 0 saturated carbocycles. The molecule has 1 aromatic heterocycles. The zero-order valence-corrected chi connectivity index (χ0v) is 11.0. The minimum absolute atomic E-state index is 0.230. The van der Waals surface area contributed by atoms with E-state index in [9.17, 15) is 0 Å². The molecule has 0 saturated heterocycles. The Balaban J connectivity index is 1.97. The zero-order valence-electron chi connectivity index (χ0n) is 9.45. The molecule has 1 aliphatic carbocycles. The standard InChI is InChI=1S/C14H14ClNS/c15-13-6-5-12(17-13)14(16)8-7-10-3-1-2-4-11(10)9-14/h1-6H,7-9,16H2. The molecule has 0 amide bonds. The predicted molar refractivity (Wildman–Crippen MR) is 73.7 cm³/mol. The van der Waals surface area contributed by atoms with Gasteiger partial charge in [0.05, 0.1) is 9.88 Å². The number of halogens is 1. The first-order valence-electron chi connectivity index (χ1n) is 5.79. The second-order valence-corrected chi connectivity index (χ2v) is 6.42. The monoisotopic (exact) mass is 263 g/mol. The first-order valence-corrected chi connectivity index (χ1v) is 6.98. The van der Waals surface area contributed by atoms with Crippen LogP contribution < -0.4 is 5.73 Å². The molecule has 3 heteroatoms.